The molecular formula is C20H19N3O3. The third-order valence-electron chi connectivity index (χ3n) is 4.59. The van der Waals surface area contributed by atoms with Gasteiger partial charge in [-0.2, -0.15) is 4.98 Å². The van der Waals surface area contributed by atoms with Gasteiger partial charge in [0.1, 0.15) is 11.8 Å². The zero-order chi connectivity index (χ0) is 17.9. The van der Waals surface area contributed by atoms with E-state index in [0.717, 1.165) is 18.4 Å². The van der Waals surface area contributed by atoms with Crippen molar-refractivity contribution in [3.63, 3.8) is 0 Å². The summed E-state index contributed by atoms with van der Waals surface area (Å²) in [6.45, 7) is 0.670. The van der Waals surface area contributed by atoms with Crippen molar-refractivity contribution in [1.82, 2.24) is 15.0 Å². The van der Waals surface area contributed by atoms with Gasteiger partial charge in [0.25, 0.3) is 5.91 Å². The number of rotatable bonds is 4. The average Bonchev–Trinajstić information content (AvgIpc) is 3.37. The van der Waals surface area contributed by atoms with Crippen LogP contribution < -0.4 is 4.74 Å². The van der Waals surface area contributed by atoms with Crippen LogP contribution in [0.4, 0.5) is 0 Å². The predicted molar refractivity (Wildman–Crippen MR) is 95.7 cm³/mol. The van der Waals surface area contributed by atoms with Crippen LogP contribution in [0.5, 0.6) is 5.75 Å². The number of ether oxygens (including phenoxy) is 1. The number of carbonyl (C=O) groups excluding carboxylic acids is 1. The number of hydrogen-bond donors (Lipinski definition) is 0. The molecule has 0 bridgehead atoms. The predicted octanol–water partition coefficient (Wildman–Crippen LogP) is 3.72. The number of benzene rings is 2. The molecule has 1 aliphatic rings. The second kappa shape index (κ2) is 7.00. The van der Waals surface area contributed by atoms with Crippen molar-refractivity contribution in [2.45, 2.75) is 18.9 Å². The molecule has 4 rings (SSSR count). The van der Waals surface area contributed by atoms with E-state index in [-0.39, 0.29) is 11.9 Å². The first kappa shape index (κ1) is 16.3. The molecule has 2 aromatic carbocycles. The monoisotopic (exact) mass is 349 g/mol. The van der Waals surface area contributed by atoms with E-state index < -0.39 is 0 Å². The van der Waals surface area contributed by atoms with Gasteiger partial charge in [-0.1, -0.05) is 41.6 Å². The summed E-state index contributed by atoms with van der Waals surface area (Å²) in [5.41, 5.74) is 1.49. The summed E-state index contributed by atoms with van der Waals surface area (Å²) < 4.78 is 10.7. The van der Waals surface area contributed by atoms with E-state index in [1.54, 1.807) is 24.1 Å². The van der Waals surface area contributed by atoms with Crippen molar-refractivity contribution in [2.24, 2.45) is 0 Å². The van der Waals surface area contributed by atoms with Gasteiger partial charge in [-0.3, -0.25) is 4.79 Å². The number of aromatic nitrogens is 2. The molecule has 1 fully saturated rings. The number of nitrogens with zero attached hydrogens (tertiary/aromatic N) is 3. The first-order valence-corrected chi connectivity index (χ1v) is 8.60. The maximum Gasteiger partial charge on any atom is 0.254 e. The molecule has 132 valence electrons. The number of amides is 1. The Bertz CT molecular complexity index is 907. The number of hydrogen-bond acceptors (Lipinski definition) is 5. The maximum atomic E-state index is 13.0. The van der Waals surface area contributed by atoms with Crippen LogP contribution >= 0.6 is 0 Å². The summed E-state index contributed by atoms with van der Waals surface area (Å²) in [5.74, 6) is 1.64. The smallest absolute Gasteiger partial charge is 0.254 e. The van der Waals surface area contributed by atoms with Crippen LogP contribution in [0.2, 0.25) is 0 Å². The van der Waals surface area contributed by atoms with Gasteiger partial charge < -0.3 is 14.2 Å². The molecular weight excluding hydrogens is 330 g/mol. The molecule has 0 saturated carbocycles. The molecule has 1 amide bonds. The van der Waals surface area contributed by atoms with Crippen molar-refractivity contribution >= 4 is 5.91 Å². The minimum Gasteiger partial charge on any atom is -0.497 e. The molecule has 1 aliphatic heterocycles. The lowest BCUT2D eigenvalue weighted by molar-refractivity contribution is 0.0709. The van der Waals surface area contributed by atoms with Gasteiger partial charge in [0.2, 0.25) is 11.7 Å². The van der Waals surface area contributed by atoms with Gasteiger partial charge >= 0.3 is 0 Å². The Hall–Kier alpha value is -3.15. The quantitative estimate of drug-likeness (QED) is 0.718. The van der Waals surface area contributed by atoms with Crippen molar-refractivity contribution < 1.29 is 14.1 Å². The summed E-state index contributed by atoms with van der Waals surface area (Å²) in [5, 5.41) is 4.08. The van der Waals surface area contributed by atoms with E-state index in [1.807, 2.05) is 42.5 Å². The molecule has 0 N–H and O–H groups in total. The summed E-state index contributed by atoms with van der Waals surface area (Å²) in [4.78, 5) is 19.3. The van der Waals surface area contributed by atoms with Crippen molar-refractivity contribution in [1.29, 1.82) is 0 Å². The molecule has 1 unspecified atom stereocenters. The van der Waals surface area contributed by atoms with E-state index in [4.69, 9.17) is 9.26 Å². The molecule has 1 atom stereocenters. The molecule has 6 heteroatoms. The highest BCUT2D eigenvalue weighted by Crippen LogP contribution is 2.33. The average molecular weight is 349 g/mol. The fraction of sp³-hybridized carbons (Fsp3) is 0.250. The molecule has 3 aromatic rings. The van der Waals surface area contributed by atoms with Gasteiger partial charge in [0.05, 0.1) is 7.11 Å². The Morgan fingerprint density at radius 1 is 1.19 bits per heavy atom. The van der Waals surface area contributed by atoms with Crippen LogP contribution in [0.1, 0.15) is 35.1 Å². The number of likely N-dealkylation sites (tertiary alicyclic amines) is 1. The Morgan fingerprint density at radius 3 is 2.85 bits per heavy atom. The first-order valence-electron chi connectivity index (χ1n) is 8.60. The van der Waals surface area contributed by atoms with E-state index >= 15 is 0 Å². The minimum absolute atomic E-state index is 0.0501. The third kappa shape index (κ3) is 3.06. The van der Waals surface area contributed by atoms with Gasteiger partial charge in [0, 0.05) is 17.7 Å². The Kier molecular flexibility index (Phi) is 4.39. The third-order valence-corrected chi connectivity index (χ3v) is 4.59. The second-order valence-electron chi connectivity index (χ2n) is 6.21. The SMILES string of the molecule is COc1cccc(C(=O)N2CCCC2c2nc(-c3ccccc3)no2)c1. The van der Waals surface area contributed by atoms with Crippen molar-refractivity contribution in [3.05, 3.63) is 66.1 Å². The first-order chi connectivity index (χ1) is 12.8. The Morgan fingerprint density at radius 2 is 2.04 bits per heavy atom. The van der Waals surface area contributed by atoms with Crippen molar-refractivity contribution in [2.75, 3.05) is 13.7 Å². The van der Waals surface area contributed by atoms with Crippen LogP contribution in [0.25, 0.3) is 11.4 Å². The van der Waals surface area contributed by atoms with E-state index in [9.17, 15) is 4.79 Å². The van der Waals surface area contributed by atoms with Gasteiger partial charge in [-0.05, 0) is 31.0 Å². The summed E-state index contributed by atoms with van der Waals surface area (Å²) >= 11 is 0. The molecule has 0 aliphatic carbocycles. The van der Waals surface area contributed by atoms with Gasteiger partial charge in [0.15, 0.2) is 0 Å². The Balaban J connectivity index is 1.59. The fourth-order valence-electron chi connectivity index (χ4n) is 3.26. The summed E-state index contributed by atoms with van der Waals surface area (Å²) in [6, 6.07) is 16.7. The zero-order valence-electron chi connectivity index (χ0n) is 14.5. The molecule has 2 heterocycles. The molecule has 6 nitrogen and oxygen atoms in total. The maximum absolute atomic E-state index is 13.0. The zero-order valence-corrected chi connectivity index (χ0v) is 14.5. The van der Waals surface area contributed by atoms with Crippen molar-refractivity contribution in [3.8, 4) is 17.1 Å². The molecule has 26 heavy (non-hydrogen) atoms. The lowest BCUT2D eigenvalue weighted by atomic mass is 10.1. The topological polar surface area (TPSA) is 68.5 Å². The minimum atomic E-state index is -0.196. The standard InChI is InChI=1S/C20H19N3O3/c1-25-16-10-5-9-15(13-16)20(24)23-12-6-11-17(23)19-21-18(22-26-19)14-7-3-2-4-8-14/h2-5,7-10,13,17H,6,11-12H2,1H3. The fourth-order valence-corrected chi connectivity index (χ4v) is 3.26. The lowest BCUT2D eigenvalue weighted by Crippen LogP contribution is -2.30. The number of methoxy groups -OCH3 is 1. The highest BCUT2D eigenvalue weighted by atomic mass is 16.5. The van der Waals surface area contributed by atoms with Crippen LogP contribution in [-0.2, 0) is 0 Å². The van der Waals surface area contributed by atoms with E-state index in [2.05, 4.69) is 10.1 Å². The second-order valence-corrected chi connectivity index (χ2v) is 6.21. The lowest BCUT2D eigenvalue weighted by Gasteiger charge is -2.22. The normalized spacial score (nSPS) is 16.7. The van der Waals surface area contributed by atoms with Crippen LogP contribution in [0, 0.1) is 0 Å². The molecule has 0 radical (unpaired) electrons. The largest absolute Gasteiger partial charge is 0.497 e. The van der Waals surface area contributed by atoms with Gasteiger partial charge in [-0.15, -0.1) is 0 Å². The summed E-state index contributed by atoms with van der Waals surface area (Å²) in [6.07, 6.45) is 1.72. The van der Waals surface area contributed by atoms with Crippen LogP contribution in [-0.4, -0.2) is 34.6 Å². The Labute approximate surface area is 151 Å². The van der Waals surface area contributed by atoms with Gasteiger partial charge in [-0.25, -0.2) is 0 Å². The molecule has 1 aromatic heterocycles. The van der Waals surface area contributed by atoms with Crippen LogP contribution in [0.3, 0.4) is 0 Å². The van der Waals surface area contributed by atoms with E-state index in [1.165, 1.54) is 0 Å². The van der Waals surface area contributed by atoms with Crippen LogP contribution in [0.15, 0.2) is 59.1 Å². The molecule has 1 saturated heterocycles. The number of carbonyl (C=O) groups is 1. The van der Waals surface area contributed by atoms with E-state index in [0.29, 0.717) is 29.6 Å². The highest BCUT2D eigenvalue weighted by Gasteiger charge is 2.34. The molecule has 0 spiro atoms. The summed E-state index contributed by atoms with van der Waals surface area (Å²) in [7, 11) is 1.59. The highest BCUT2D eigenvalue weighted by molar-refractivity contribution is 5.95.